The number of hydrogen-bond donors (Lipinski definition) is 2. The molecule has 0 radical (unpaired) electrons. The zero-order valence-corrected chi connectivity index (χ0v) is 15.3. The van der Waals surface area contributed by atoms with Crippen LogP contribution in [0.4, 0.5) is 5.69 Å². The molecule has 1 amide bonds. The monoisotopic (exact) mass is 327 g/mol. The van der Waals surface area contributed by atoms with Gasteiger partial charge in [-0.05, 0) is 75.8 Å². The van der Waals surface area contributed by atoms with Gasteiger partial charge in [0.1, 0.15) is 0 Å². The number of nitrogens with two attached hydrogens (primary N) is 1. The van der Waals surface area contributed by atoms with E-state index in [9.17, 15) is 4.79 Å². The first-order valence-electron chi connectivity index (χ1n) is 9.70. The Kier molecular flexibility index (Phi) is 4.16. The molecule has 0 aromatic heterocycles. The number of amides is 1. The Balaban J connectivity index is 1.36. The summed E-state index contributed by atoms with van der Waals surface area (Å²) in [5.41, 5.74) is 4.58. The molecule has 0 unspecified atom stereocenters. The molecule has 130 valence electrons. The molecular formula is C21H31N2O+. The smallest absolute Gasteiger partial charge is 0.279 e. The highest BCUT2D eigenvalue weighted by atomic mass is 16.1. The van der Waals surface area contributed by atoms with Crippen LogP contribution in [0.3, 0.4) is 0 Å². The number of quaternary nitrogens is 1. The van der Waals surface area contributed by atoms with Crippen LogP contribution in [0.1, 0.15) is 48.8 Å². The van der Waals surface area contributed by atoms with Crippen LogP contribution in [-0.2, 0) is 4.79 Å². The molecule has 4 aliphatic carbocycles. The van der Waals surface area contributed by atoms with Crippen LogP contribution in [-0.4, -0.2) is 18.5 Å². The quantitative estimate of drug-likeness (QED) is 0.877. The van der Waals surface area contributed by atoms with Crippen molar-refractivity contribution in [3.63, 3.8) is 0 Å². The first-order valence-corrected chi connectivity index (χ1v) is 9.70. The van der Waals surface area contributed by atoms with Gasteiger partial charge in [-0.15, -0.1) is 0 Å². The van der Waals surface area contributed by atoms with E-state index in [-0.39, 0.29) is 5.91 Å². The highest BCUT2D eigenvalue weighted by molar-refractivity contribution is 5.93. The van der Waals surface area contributed by atoms with Gasteiger partial charge in [0.25, 0.3) is 5.91 Å². The maximum absolute atomic E-state index is 12.5. The van der Waals surface area contributed by atoms with Gasteiger partial charge in [0.15, 0.2) is 6.54 Å². The highest BCUT2D eigenvalue weighted by Gasteiger charge is 2.50. The van der Waals surface area contributed by atoms with E-state index in [1.807, 2.05) is 0 Å². The van der Waals surface area contributed by atoms with E-state index in [1.54, 1.807) is 0 Å². The lowest BCUT2D eigenvalue weighted by Gasteiger charge is -2.52. The third-order valence-electron chi connectivity index (χ3n) is 6.82. The van der Waals surface area contributed by atoms with E-state index in [1.165, 1.54) is 37.7 Å². The van der Waals surface area contributed by atoms with Crippen molar-refractivity contribution in [2.45, 2.75) is 58.9 Å². The van der Waals surface area contributed by atoms with Crippen LogP contribution < -0.4 is 10.6 Å². The Morgan fingerprint density at radius 3 is 2.08 bits per heavy atom. The molecule has 4 bridgehead atoms. The van der Waals surface area contributed by atoms with Crippen LogP contribution in [0.15, 0.2) is 12.1 Å². The van der Waals surface area contributed by atoms with Crippen molar-refractivity contribution < 1.29 is 10.1 Å². The minimum Gasteiger partial charge on any atom is -0.336 e. The van der Waals surface area contributed by atoms with E-state index in [0.717, 1.165) is 40.5 Å². The van der Waals surface area contributed by atoms with Crippen molar-refractivity contribution in [1.82, 2.24) is 0 Å². The number of aryl methyl sites for hydroxylation is 3. The molecule has 3 N–H and O–H groups in total. The van der Waals surface area contributed by atoms with E-state index in [4.69, 9.17) is 0 Å². The van der Waals surface area contributed by atoms with Gasteiger partial charge in [-0.1, -0.05) is 17.7 Å². The molecule has 3 nitrogen and oxygen atoms in total. The van der Waals surface area contributed by atoms with Crippen molar-refractivity contribution >= 4 is 11.6 Å². The van der Waals surface area contributed by atoms with Gasteiger partial charge in [0, 0.05) is 17.5 Å². The predicted octanol–water partition coefficient (Wildman–Crippen LogP) is 2.94. The summed E-state index contributed by atoms with van der Waals surface area (Å²) in [6.45, 7) is 6.83. The van der Waals surface area contributed by atoms with Gasteiger partial charge < -0.3 is 10.6 Å². The Bertz CT molecular complexity index is 600. The minimum atomic E-state index is 0.152. The maximum Gasteiger partial charge on any atom is 0.279 e. The van der Waals surface area contributed by atoms with E-state index in [2.05, 4.69) is 43.5 Å². The summed E-state index contributed by atoms with van der Waals surface area (Å²) >= 11 is 0. The molecule has 0 saturated heterocycles. The zero-order valence-electron chi connectivity index (χ0n) is 15.3. The number of hydrogen-bond acceptors (Lipinski definition) is 1. The summed E-state index contributed by atoms with van der Waals surface area (Å²) < 4.78 is 0. The minimum absolute atomic E-state index is 0.152. The number of rotatable bonds is 4. The lowest BCUT2D eigenvalue weighted by Crippen LogP contribution is -2.95. The fourth-order valence-electron chi connectivity index (χ4n) is 6.16. The van der Waals surface area contributed by atoms with Crippen LogP contribution in [0.2, 0.25) is 0 Å². The van der Waals surface area contributed by atoms with Crippen molar-refractivity contribution in [3.8, 4) is 0 Å². The summed E-state index contributed by atoms with van der Waals surface area (Å²) in [6.07, 6.45) is 7.18. The van der Waals surface area contributed by atoms with Gasteiger partial charge in [-0.2, -0.15) is 0 Å². The second-order valence-corrected chi connectivity index (χ2v) is 8.77. The van der Waals surface area contributed by atoms with Gasteiger partial charge in [0.2, 0.25) is 0 Å². The topological polar surface area (TPSA) is 45.7 Å². The number of benzene rings is 1. The fraction of sp³-hybridized carbons (Fsp3) is 0.667. The summed E-state index contributed by atoms with van der Waals surface area (Å²) in [4.78, 5) is 12.5. The molecule has 0 atom stereocenters. The fourth-order valence-corrected chi connectivity index (χ4v) is 6.16. The van der Waals surface area contributed by atoms with Crippen LogP contribution in [0.5, 0.6) is 0 Å². The number of carbonyl (C=O) groups excluding carboxylic acids is 1. The van der Waals surface area contributed by atoms with Gasteiger partial charge in [-0.3, -0.25) is 4.79 Å². The lowest BCUT2D eigenvalue weighted by atomic mass is 9.54. The SMILES string of the molecule is Cc1cc(C)c(NC(=O)C[NH2+]C2C3CC4CC(C3)CC2C4)c(C)c1. The molecule has 1 aromatic rings. The first kappa shape index (κ1) is 16.1. The summed E-state index contributed by atoms with van der Waals surface area (Å²) in [5, 5.41) is 5.52. The van der Waals surface area contributed by atoms with Crippen molar-refractivity contribution in [3.05, 3.63) is 28.8 Å². The van der Waals surface area contributed by atoms with E-state index < -0.39 is 0 Å². The maximum atomic E-state index is 12.5. The molecule has 0 spiro atoms. The zero-order chi connectivity index (χ0) is 16.8. The number of nitrogens with one attached hydrogen (secondary N) is 1. The summed E-state index contributed by atoms with van der Waals surface area (Å²) in [6, 6.07) is 4.98. The van der Waals surface area contributed by atoms with E-state index >= 15 is 0 Å². The Hall–Kier alpha value is -1.35. The van der Waals surface area contributed by atoms with Crippen LogP contribution >= 0.6 is 0 Å². The van der Waals surface area contributed by atoms with Gasteiger partial charge in [-0.25, -0.2) is 0 Å². The number of anilines is 1. The Labute approximate surface area is 145 Å². The molecule has 4 aliphatic rings. The Morgan fingerprint density at radius 2 is 1.54 bits per heavy atom. The summed E-state index contributed by atoms with van der Waals surface area (Å²) in [5.74, 6) is 3.90. The molecule has 4 saturated carbocycles. The normalized spacial score (nSPS) is 33.7. The van der Waals surface area contributed by atoms with Crippen molar-refractivity contribution in [2.24, 2.45) is 23.7 Å². The average Bonchev–Trinajstić information content (AvgIpc) is 2.49. The molecule has 1 aromatic carbocycles. The predicted molar refractivity (Wildman–Crippen MR) is 96.9 cm³/mol. The second kappa shape index (κ2) is 6.18. The summed E-state index contributed by atoms with van der Waals surface area (Å²) in [7, 11) is 0. The van der Waals surface area contributed by atoms with Gasteiger partial charge >= 0.3 is 0 Å². The molecule has 24 heavy (non-hydrogen) atoms. The third-order valence-corrected chi connectivity index (χ3v) is 6.82. The van der Waals surface area contributed by atoms with Gasteiger partial charge in [0.05, 0.1) is 6.04 Å². The molecule has 0 aliphatic heterocycles. The second-order valence-electron chi connectivity index (χ2n) is 8.77. The lowest BCUT2D eigenvalue weighted by molar-refractivity contribution is -0.699. The largest absolute Gasteiger partial charge is 0.336 e. The molecule has 3 heteroatoms. The first-order chi connectivity index (χ1) is 11.5. The number of carbonyl (C=O) groups is 1. The average molecular weight is 327 g/mol. The Morgan fingerprint density at radius 1 is 1.00 bits per heavy atom. The van der Waals surface area contributed by atoms with Crippen LogP contribution in [0, 0.1) is 44.4 Å². The van der Waals surface area contributed by atoms with E-state index in [0.29, 0.717) is 12.6 Å². The van der Waals surface area contributed by atoms with Crippen LogP contribution in [0.25, 0.3) is 0 Å². The van der Waals surface area contributed by atoms with Crippen molar-refractivity contribution in [1.29, 1.82) is 0 Å². The molecule has 0 heterocycles. The third kappa shape index (κ3) is 2.99. The molecule has 4 fully saturated rings. The molecular weight excluding hydrogens is 296 g/mol. The van der Waals surface area contributed by atoms with Crippen molar-refractivity contribution in [2.75, 3.05) is 11.9 Å². The standard InChI is InChI=1S/C21H30N2O/c1-12-4-13(2)20(14(3)5-12)23-19(24)11-22-21-17-7-15-6-16(9-17)10-18(21)8-15/h4-5,15-18,21-22H,6-11H2,1-3H3,(H,23,24)/p+1. The highest BCUT2D eigenvalue weighted by Crippen LogP contribution is 2.52. The molecule has 5 rings (SSSR count).